The number of ether oxygens (including phenoxy) is 1. The second kappa shape index (κ2) is 7.72. The third kappa shape index (κ3) is 3.94. The first-order chi connectivity index (χ1) is 13.0. The van der Waals surface area contributed by atoms with E-state index in [9.17, 15) is 9.59 Å². The Labute approximate surface area is 160 Å². The normalized spacial score (nSPS) is 27.0. The van der Waals surface area contributed by atoms with E-state index in [-0.39, 0.29) is 23.9 Å². The number of nitrogens with one attached hydrogen (secondary N) is 1. The number of fused-ring (bicyclic) bond motifs is 4. The van der Waals surface area contributed by atoms with Crippen LogP contribution in [0.1, 0.15) is 42.8 Å². The maximum absolute atomic E-state index is 13.1. The van der Waals surface area contributed by atoms with Crippen LogP contribution in [-0.2, 0) is 16.0 Å². The predicted molar refractivity (Wildman–Crippen MR) is 102 cm³/mol. The predicted octanol–water partition coefficient (Wildman–Crippen LogP) is 1.03. The molecule has 0 aliphatic carbocycles. The molecule has 2 atom stereocenters. The summed E-state index contributed by atoms with van der Waals surface area (Å²) in [7, 11) is 0. The third-order valence-corrected chi connectivity index (χ3v) is 6.44. The highest BCUT2D eigenvalue weighted by Crippen LogP contribution is 2.31. The highest BCUT2D eigenvalue weighted by molar-refractivity contribution is 5.79. The molecule has 0 unspecified atom stereocenters. The first-order valence-electron chi connectivity index (χ1n) is 10.2. The van der Waals surface area contributed by atoms with E-state index < -0.39 is 0 Å². The average Bonchev–Trinajstić information content (AvgIpc) is 2.97. The van der Waals surface area contributed by atoms with Gasteiger partial charge in [-0.1, -0.05) is 0 Å². The van der Waals surface area contributed by atoms with Crippen LogP contribution in [0.4, 0.5) is 0 Å². The number of rotatable bonds is 3. The Balaban J connectivity index is 1.48. The van der Waals surface area contributed by atoms with Crippen molar-refractivity contribution in [2.45, 2.75) is 58.0 Å². The van der Waals surface area contributed by atoms with Gasteiger partial charge in [-0.3, -0.25) is 14.5 Å². The number of aromatic amines is 1. The van der Waals surface area contributed by atoms with Crippen LogP contribution >= 0.6 is 0 Å². The van der Waals surface area contributed by atoms with Gasteiger partial charge in [0.1, 0.15) is 5.82 Å². The molecule has 4 saturated heterocycles. The summed E-state index contributed by atoms with van der Waals surface area (Å²) in [4.78, 5) is 37.1. The summed E-state index contributed by atoms with van der Waals surface area (Å²) in [5.74, 6) is 1.19. The minimum atomic E-state index is -0.183. The summed E-state index contributed by atoms with van der Waals surface area (Å²) in [6, 6.07) is 0.847. The van der Waals surface area contributed by atoms with Crippen molar-refractivity contribution in [3.8, 4) is 0 Å². The van der Waals surface area contributed by atoms with Gasteiger partial charge in [-0.25, -0.2) is 4.98 Å². The minimum Gasteiger partial charge on any atom is -0.381 e. The molecular formula is C20H30N4O3. The number of carbonyl (C=O) groups is 1. The molecule has 5 heterocycles. The molecule has 7 heteroatoms. The lowest BCUT2D eigenvalue weighted by atomic mass is 9.94. The molecule has 1 N–H and O–H groups in total. The highest BCUT2D eigenvalue weighted by atomic mass is 16.5. The molecular weight excluding hydrogens is 344 g/mol. The molecule has 0 aromatic carbocycles. The van der Waals surface area contributed by atoms with Crippen LogP contribution in [0.25, 0.3) is 0 Å². The molecule has 1 amide bonds. The quantitative estimate of drug-likeness (QED) is 0.855. The van der Waals surface area contributed by atoms with Gasteiger partial charge in [0.25, 0.3) is 5.56 Å². The lowest BCUT2D eigenvalue weighted by Crippen LogP contribution is -2.49. The van der Waals surface area contributed by atoms with Gasteiger partial charge in [-0.15, -0.1) is 0 Å². The van der Waals surface area contributed by atoms with Gasteiger partial charge in [0.15, 0.2) is 0 Å². The van der Waals surface area contributed by atoms with Crippen molar-refractivity contribution < 1.29 is 9.53 Å². The van der Waals surface area contributed by atoms with Crippen molar-refractivity contribution in [3.05, 3.63) is 27.4 Å². The lowest BCUT2D eigenvalue weighted by Gasteiger charge is -2.37. The molecule has 1 aromatic rings. The van der Waals surface area contributed by atoms with Crippen LogP contribution in [0.15, 0.2) is 4.79 Å². The number of aryl methyl sites for hydroxylation is 2. The zero-order valence-electron chi connectivity index (χ0n) is 16.4. The number of piperidine rings is 1. The summed E-state index contributed by atoms with van der Waals surface area (Å²) in [5.41, 5.74) is 0.984. The monoisotopic (exact) mass is 374 g/mol. The second-order valence-electron chi connectivity index (χ2n) is 8.33. The lowest BCUT2D eigenvalue weighted by molar-refractivity contribution is -0.134. The number of amides is 1. The number of aromatic nitrogens is 2. The fraction of sp³-hybridized carbons (Fsp3) is 0.750. The fourth-order valence-electron chi connectivity index (χ4n) is 4.98. The van der Waals surface area contributed by atoms with Gasteiger partial charge in [-0.2, -0.15) is 0 Å². The van der Waals surface area contributed by atoms with Gasteiger partial charge in [0.2, 0.25) is 5.91 Å². The van der Waals surface area contributed by atoms with Gasteiger partial charge in [-0.05, 0) is 45.4 Å². The molecule has 27 heavy (non-hydrogen) atoms. The first kappa shape index (κ1) is 18.6. The SMILES string of the molecule is Cc1nc(C)c(CC(=O)N2C[C@H]3CC[C@@H]2CN(C2CCOCC2)C3)c(=O)[nH]1. The van der Waals surface area contributed by atoms with Gasteiger partial charge >= 0.3 is 0 Å². The summed E-state index contributed by atoms with van der Waals surface area (Å²) < 4.78 is 5.52. The molecule has 4 aliphatic rings. The second-order valence-corrected chi connectivity index (χ2v) is 8.33. The van der Waals surface area contributed by atoms with E-state index >= 15 is 0 Å². The van der Waals surface area contributed by atoms with E-state index in [1.165, 1.54) is 6.42 Å². The average molecular weight is 374 g/mol. The van der Waals surface area contributed by atoms with E-state index in [1.807, 2.05) is 11.8 Å². The van der Waals surface area contributed by atoms with E-state index in [0.29, 0.717) is 29.0 Å². The van der Waals surface area contributed by atoms with Crippen LogP contribution in [0.3, 0.4) is 0 Å². The zero-order valence-corrected chi connectivity index (χ0v) is 16.4. The number of hydrogen-bond donors (Lipinski definition) is 1. The molecule has 148 valence electrons. The standard InChI is InChI=1S/C20H30N4O3/c1-13-18(20(26)22-14(2)21-13)9-19(25)24-11-15-3-4-17(24)12-23(10-15)16-5-7-27-8-6-16/h15-17H,3-12H2,1-2H3,(H,21,22,26)/t15-,17+/m0/s1. The van der Waals surface area contributed by atoms with Crippen molar-refractivity contribution in [2.24, 2.45) is 5.92 Å². The van der Waals surface area contributed by atoms with Crippen LogP contribution < -0.4 is 5.56 Å². The van der Waals surface area contributed by atoms with Gasteiger partial charge < -0.3 is 14.6 Å². The smallest absolute Gasteiger partial charge is 0.254 e. The van der Waals surface area contributed by atoms with Crippen molar-refractivity contribution in [1.29, 1.82) is 0 Å². The molecule has 1 aromatic heterocycles. The Morgan fingerprint density at radius 1 is 1.11 bits per heavy atom. The van der Waals surface area contributed by atoms with Crippen LogP contribution in [0, 0.1) is 19.8 Å². The topological polar surface area (TPSA) is 78.5 Å². The number of nitrogens with zero attached hydrogens (tertiary/aromatic N) is 3. The van der Waals surface area contributed by atoms with E-state index in [0.717, 1.165) is 52.1 Å². The molecule has 4 fully saturated rings. The Kier molecular flexibility index (Phi) is 5.32. The van der Waals surface area contributed by atoms with Crippen LogP contribution in [0.5, 0.6) is 0 Å². The summed E-state index contributed by atoms with van der Waals surface area (Å²) in [6.07, 6.45) is 4.60. The Morgan fingerprint density at radius 3 is 2.63 bits per heavy atom. The maximum Gasteiger partial charge on any atom is 0.254 e. The fourth-order valence-corrected chi connectivity index (χ4v) is 4.98. The van der Waals surface area contributed by atoms with Crippen molar-refractivity contribution in [1.82, 2.24) is 19.8 Å². The van der Waals surface area contributed by atoms with Crippen molar-refractivity contribution in [3.63, 3.8) is 0 Å². The number of carbonyl (C=O) groups excluding carboxylic acids is 1. The molecule has 4 aliphatic heterocycles. The Bertz CT molecular complexity index is 756. The molecule has 5 rings (SSSR count). The van der Waals surface area contributed by atoms with Crippen LogP contribution in [0.2, 0.25) is 0 Å². The largest absolute Gasteiger partial charge is 0.381 e. The Morgan fingerprint density at radius 2 is 1.89 bits per heavy atom. The molecule has 0 spiro atoms. The minimum absolute atomic E-state index is 0.0674. The first-order valence-corrected chi connectivity index (χ1v) is 10.2. The summed E-state index contributed by atoms with van der Waals surface area (Å²) >= 11 is 0. The maximum atomic E-state index is 13.1. The highest BCUT2D eigenvalue weighted by Gasteiger charge is 2.39. The van der Waals surface area contributed by atoms with Crippen molar-refractivity contribution in [2.75, 3.05) is 32.8 Å². The molecule has 7 nitrogen and oxygen atoms in total. The molecule has 0 saturated carbocycles. The van der Waals surface area contributed by atoms with E-state index in [1.54, 1.807) is 6.92 Å². The van der Waals surface area contributed by atoms with Gasteiger partial charge in [0.05, 0.1) is 6.42 Å². The molecule has 2 bridgehead atoms. The molecule has 0 radical (unpaired) electrons. The summed E-state index contributed by atoms with van der Waals surface area (Å²) in [6.45, 7) is 8.12. The summed E-state index contributed by atoms with van der Waals surface area (Å²) in [5, 5.41) is 0. The van der Waals surface area contributed by atoms with Gasteiger partial charge in [0, 0.05) is 56.2 Å². The number of H-pyrrole nitrogens is 1. The van der Waals surface area contributed by atoms with E-state index in [4.69, 9.17) is 4.74 Å². The number of hydrogen-bond acceptors (Lipinski definition) is 5. The van der Waals surface area contributed by atoms with E-state index in [2.05, 4.69) is 14.9 Å². The zero-order chi connectivity index (χ0) is 19.0. The van der Waals surface area contributed by atoms with Crippen LogP contribution in [-0.4, -0.2) is 70.6 Å². The Hall–Kier alpha value is -1.73. The third-order valence-electron chi connectivity index (χ3n) is 6.44. The van der Waals surface area contributed by atoms with Crippen molar-refractivity contribution >= 4 is 5.91 Å².